The average molecular weight is 707 g/mol. The van der Waals surface area contributed by atoms with Crippen molar-refractivity contribution in [2.75, 3.05) is 26.2 Å². The molecule has 1 saturated heterocycles. The summed E-state index contributed by atoms with van der Waals surface area (Å²) in [6.45, 7) is 9.02. The summed E-state index contributed by atoms with van der Waals surface area (Å²) in [5, 5.41) is 22.9. The fraction of sp³-hybridized carbons (Fsp3) is 0.325. The summed E-state index contributed by atoms with van der Waals surface area (Å²) in [6.07, 6.45) is 8.27. The molecule has 0 aliphatic carbocycles. The highest BCUT2D eigenvalue weighted by Gasteiger charge is 2.20. The highest BCUT2D eigenvalue weighted by Crippen LogP contribution is 2.36. The molecule has 3 N–H and O–H groups in total. The van der Waals surface area contributed by atoms with E-state index in [4.69, 9.17) is 25.8 Å². The van der Waals surface area contributed by atoms with Crippen LogP contribution in [-0.4, -0.2) is 57.3 Å². The molecule has 1 aliphatic rings. The molecule has 51 heavy (non-hydrogen) atoms. The number of rotatable bonds is 16. The minimum Gasteiger partial charge on any atom is -0.493 e. The zero-order valence-corrected chi connectivity index (χ0v) is 29.7. The molecule has 1 atom stereocenters. The van der Waals surface area contributed by atoms with Crippen LogP contribution in [0.1, 0.15) is 52.0 Å². The lowest BCUT2D eigenvalue weighted by molar-refractivity contribution is 0.173. The molecule has 0 spiro atoms. The van der Waals surface area contributed by atoms with E-state index in [-0.39, 0.29) is 12.7 Å². The first-order valence-corrected chi connectivity index (χ1v) is 17.6. The van der Waals surface area contributed by atoms with Gasteiger partial charge < -0.3 is 34.5 Å². The van der Waals surface area contributed by atoms with Gasteiger partial charge in [-0.1, -0.05) is 41.9 Å². The summed E-state index contributed by atoms with van der Waals surface area (Å²) in [7, 11) is 0. The minimum atomic E-state index is -0.201. The number of pyridine rings is 1. The number of hydrogen-bond acceptors (Lipinski definition) is 9. The highest BCUT2D eigenvalue weighted by molar-refractivity contribution is 6.32. The van der Waals surface area contributed by atoms with E-state index in [0.717, 1.165) is 83.0 Å². The van der Waals surface area contributed by atoms with Crippen molar-refractivity contribution in [1.29, 1.82) is 5.26 Å². The molecule has 11 heteroatoms. The Balaban J connectivity index is 1.15. The van der Waals surface area contributed by atoms with Gasteiger partial charge in [0.1, 0.15) is 42.4 Å². The second-order valence-corrected chi connectivity index (χ2v) is 13.2. The van der Waals surface area contributed by atoms with Crippen molar-refractivity contribution in [1.82, 2.24) is 25.2 Å². The maximum absolute atomic E-state index is 9.79. The minimum absolute atomic E-state index is 0.201. The molecule has 3 aromatic carbocycles. The maximum atomic E-state index is 9.79. The summed E-state index contributed by atoms with van der Waals surface area (Å²) in [4.78, 5) is 13.8. The number of nitriles is 1. The number of halogens is 1. The van der Waals surface area contributed by atoms with Gasteiger partial charge in [-0.3, -0.25) is 4.98 Å². The third-order valence-corrected chi connectivity index (χ3v) is 9.42. The van der Waals surface area contributed by atoms with Gasteiger partial charge in [0.05, 0.1) is 29.8 Å². The number of hydrogen-bond donors (Lipinski definition) is 3. The Morgan fingerprint density at radius 3 is 2.57 bits per heavy atom. The Hall–Kier alpha value is -4.92. The zero-order valence-electron chi connectivity index (χ0n) is 29.0. The first kappa shape index (κ1) is 35.9. The number of ether oxygens (including phenoxy) is 3. The molecule has 6 rings (SSSR count). The van der Waals surface area contributed by atoms with Crippen molar-refractivity contribution in [3.05, 3.63) is 124 Å². The predicted octanol–water partition coefficient (Wildman–Crippen LogP) is 6.90. The van der Waals surface area contributed by atoms with Gasteiger partial charge in [-0.25, -0.2) is 4.98 Å². The Morgan fingerprint density at radius 1 is 0.961 bits per heavy atom. The molecule has 10 nitrogen and oxygen atoms in total. The number of aliphatic hydroxyl groups is 1. The largest absolute Gasteiger partial charge is 0.493 e. The number of nitrogens with zero attached hydrogens (tertiary/aromatic N) is 4. The Bertz CT molecular complexity index is 1960. The van der Waals surface area contributed by atoms with Crippen LogP contribution in [0.4, 0.5) is 0 Å². The van der Waals surface area contributed by atoms with Gasteiger partial charge in [-0.2, -0.15) is 5.26 Å². The van der Waals surface area contributed by atoms with Crippen molar-refractivity contribution in [3.8, 4) is 34.4 Å². The number of aliphatic hydroxyl groups excluding tert-OH is 1. The first-order valence-electron chi connectivity index (χ1n) is 17.2. The Morgan fingerprint density at radius 2 is 1.78 bits per heavy atom. The number of nitrogens with one attached hydrogen (secondary N) is 2. The monoisotopic (exact) mass is 706 g/mol. The van der Waals surface area contributed by atoms with Crippen LogP contribution in [0.5, 0.6) is 17.2 Å². The lowest BCUT2D eigenvalue weighted by Gasteiger charge is -2.19. The van der Waals surface area contributed by atoms with Crippen LogP contribution >= 0.6 is 11.6 Å². The second-order valence-electron chi connectivity index (χ2n) is 12.8. The normalized spacial score (nSPS) is 14.4. The van der Waals surface area contributed by atoms with Crippen molar-refractivity contribution >= 4 is 11.6 Å². The summed E-state index contributed by atoms with van der Waals surface area (Å²) in [5.41, 5.74) is 7.58. The maximum Gasteiger partial charge on any atom is 0.142 e. The fourth-order valence-electron chi connectivity index (χ4n) is 6.29. The van der Waals surface area contributed by atoms with Gasteiger partial charge >= 0.3 is 0 Å². The molecule has 3 heterocycles. The molecule has 0 amide bonds. The van der Waals surface area contributed by atoms with E-state index < -0.39 is 0 Å². The first-order chi connectivity index (χ1) is 24.9. The van der Waals surface area contributed by atoms with Gasteiger partial charge in [-0.05, 0) is 72.7 Å². The summed E-state index contributed by atoms with van der Waals surface area (Å²) < 4.78 is 18.9. The average Bonchev–Trinajstić information content (AvgIpc) is 3.82. The SMILES string of the molecule is Cc1c(COc2cc(OCc3cncc(C#N)c3)c(CNCc3ncc[nH]3)cc2Cl)cccc1-c1cccc(OCCCN2CCC(O)C2)c1C. The molecule has 1 fully saturated rings. The molecule has 2 aromatic heterocycles. The number of aromatic nitrogens is 3. The molecule has 1 unspecified atom stereocenters. The van der Waals surface area contributed by atoms with Crippen LogP contribution in [0.2, 0.25) is 5.02 Å². The van der Waals surface area contributed by atoms with Crippen molar-refractivity contribution in [2.45, 2.75) is 59.1 Å². The number of H-pyrrole nitrogens is 1. The van der Waals surface area contributed by atoms with Gasteiger partial charge in [-0.15, -0.1) is 0 Å². The van der Waals surface area contributed by atoms with E-state index in [9.17, 15) is 10.4 Å². The third-order valence-electron chi connectivity index (χ3n) is 9.12. The topological polar surface area (TPSA) is 129 Å². The standard InChI is InChI=1S/C40H43ClN6O4/c1-27-31(6-3-7-34(27)35-8-4-9-37(28(35)2)49-15-5-13-47-14-10-33(48)24-47)26-51-39-18-38(50-25-30-16-29(19-42)20-43-21-30)32(17-36(39)41)22-44-23-40-45-11-12-46-40/h3-4,6-9,11-12,16-18,20-21,33,44,48H,5,10,13-15,22-26H2,1-2H3,(H,45,46). The quantitative estimate of drug-likeness (QED) is 0.0939. The van der Waals surface area contributed by atoms with Gasteiger partial charge in [0.15, 0.2) is 0 Å². The number of imidazole rings is 1. The van der Waals surface area contributed by atoms with Crippen LogP contribution in [0, 0.1) is 25.2 Å². The van der Waals surface area contributed by atoms with Crippen LogP contribution in [0.25, 0.3) is 11.1 Å². The molecule has 1 aliphatic heterocycles. The van der Waals surface area contributed by atoms with Crippen molar-refractivity contribution < 1.29 is 19.3 Å². The summed E-state index contributed by atoms with van der Waals surface area (Å²) >= 11 is 6.80. The van der Waals surface area contributed by atoms with E-state index in [1.165, 1.54) is 6.20 Å². The van der Waals surface area contributed by atoms with Crippen LogP contribution in [-0.2, 0) is 26.3 Å². The van der Waals surface area contributed by atoms with E-state index in [0.29, 0.717) is 48.4 Å². The molecular formula is C40H43ClN6O4. The number of β-amino-alcohol motifs (C(OH)–C–C–N with tert-alkyl or cyclic N) is 1. The Labute approximate surface area is 304 Å². The third kappa shape index (κ3) is 9.45. The summed E-state index contributed by atoms with van der Waals surface area (Å²) in [6, 6.07) is 20.0. The van der Waals surface area contributed by atoms with Gasteiger partial charge in [0, 0.05) is 68.2 Å². The van der Waals surface area contributed by atoms with Crippen molar-refractivity contribution in [3.63, 3.8) is 0 Å². The van der Waals surface area contributed by atoms with E-state index >= 15 is 0 Å². The van der Waals surface area contributed by atoms with E-state index in [2.05, 4.69) is 63.3 Å². The molecule has 264 valence electrons. The van der Waals surface area contributed by atoms with Crippen molar-refractivity contribution in [2.24, 2.45) is 0 Å². The molecule has 0 bridgehead atoms. The molecule has 0 radical (unpaired) electrons. The Kier molecular flexibility index (Phi) is 12.2. The van der Waals surface area contributed by atoms with E-state index in [1.54, 1.807) is 24.7 Å². The molecule has 5 aromatic rings. The van der Waals surface area contributed by atoms with Crippen LogP contribution < -0.4 is 19.5 Å². The predicted molar refractivity (Wildman–Crippen MR) is 197 cm³/mol. The molecular weight excluding hydrogens is 664 g/mol. The fourth-order valence-corrected chi connectivity index (χ4v) is 6.53. The highest BCUT2D eigenvalue weighted by atomic mass is 35.5. The molecule has 0 saturated carbocycles. The number of likely N-dealkylation sites (tertiary alicyclic amines) is 1. The van der Waals surface area contributed by atoms with Crippen LogP contribution in [0.15, 0.2) is 79.4 Å². The van der Waals surface area contributed by atoms with Crippen LogP contribution in [0.3, 0.4) is 0 Å². The smallest absolute Gasteiger partial charge is 0.142 e. The number of benzene rings is 3. The lowest BCUT2D eigenvalue weighted by atomic mass is 9.93. The number of aromatic amines is 1. The van der Waals surface area contributed by atoms with Gasteiger partial charge in [0.25, 0.3) is 0 Å². The van der Waals surface area contributed by atoms with E-state index in [1.807, 2.05) is 30.3 Å². The lowest BCUT2D eigenvalue weighted by Crippen LogP contribution is -2.24. The van der Waals surface area contributed by atoms with Gasteiger partial charge in [0.2, 0.25) is 0 Å². The zero-order chi connectivity index (χ0) is 35.6. The summed E-state index contributed by atoms with van der Waals surface area (Å²) in [5.74, 6) is 2.82. The second kappa shape index (κ2) is 17.3.